The van der Waals surface area contributed by atoms with Gasteiger partial charge in [-0.2, -0.15) is 0 Å². The molecule has 0 aliphatic rings. The van der Waals surface area contributed by atoms with Gasteiger partial charge in [-0.3, -0.25) is 0 Å². The lowest BCUT2D eigenvalue weighted by Crippen LogP contribution is -2.29. The third-order valence-electron chi connectivity index (χ3n) is 3.47. The lowest BCUT2D eigenvalue weighted by atomic mass is 10.1. The first-order chi connectivity index (χ1) is 9.72. The van der Waals surface area contributed by atoms with Crippen molar-refractivity contribution in [3.8, 4) is 0 Å². The SMILES string of the molecule is CC[C@@H](N)c1ccc(N(CCCOC)CCOC)cc1. The molecule has 0 aliphatic carbocycles. The highest BCUT2D eigenvalue weighted by atomic mass is 16.5. The van der Waals surface area contributed by atoms with Gasteiger partial charge < -0.3 is 20.1 Å². The number of anilines is 1. The largest absolute Gasteiger partial charge is 0.385 e. The second kappa shape index (κ2) is 9.75. The van der Waals surface area contributed by atoms with Crippen LogP contribution in [0.25, 0.3) is 0 Å². The Morgan fingerprint density at radius 2 is 1.70 bits per heavy atom. The van der Waals surface area contributed by atoms with Gasteiger partial charge >= 0.3 is 0 Å². The molecule has 2 N–H and O–H groups in total. The highest BCUT2D eigenvalue weighted by Gasteiger charge is 2.08. The molecule has 0 saturated carbocycles. The van der Waals surface area contributed by atoms with E-state index in [4.69, 9.17) is 15.2 Å². The van der Waals surface area contributed by atoms with Crippen LogP contribution in [0.4, 0.5) is 5.69 Å². The fourth-order valence-electron chi connectivity index (χ4n) is 2.14. The van der Waals surface area contributed by atoms with Crippen LogP contribution in [-0.2, 0) is 9.47 Å². The van der Waals surface area contributed by atoms with Crippen molar-refractivity contribution in [2.24, 2.45) is 5.73 Å². The zero-order valence-corrected chi connectivity index (χ0v) is 13.0. The first-order valence-electron chi connectivity index (χ1n) is 7.31. The molecule has 0 aromatic heterocycles. The monoisotopic (exact) mass is 280 g/mol. The third kappa shape index (κ3) is 5.49. The number of hydrogen-bond acceptors (Lipinski definition) is 4. The summed E-state index contributed by atoms with van der Waals surface area (Å²) < 4.78 is 10.3. The highest BCUT2D eigenvalue weighted by molar-refractivity contribution is 5.48. The molecule has 0 aliphatic heterocycles. The summed E-state index contributed by atoms with van der Waals surface area (Å²) in [7, 11) is 3.47. The topological polar surface area (TPSA) is 47.7 Å². The van der Waals surface area contributed by atoms with Crippen LogP contribution in [0.3, 0.4) is 0 Å². The van der Waals surface area contributed by atoms with E-state index in [9.17, 15) is 0 Å². The average molecular weight is 280 g/mol. The molecule has 0 bridgehead atoms. The summed E-state index contributed by atoms with van der Waals surface area (Å²) in [5.74, 6) is 0. The van der Waals surface area contributed by atoms with E-state index < -0.39 is 0 Å². The fraction of sp³-hybridized carbons (Fsp3) is 0.625. The fourth-order valence-corrected chi connectivity index (χ4v) is 2.14. The molecule has 114 valence electrons. The van der Waals surface area contributed by atoms with Gasteiger partial charge in [-0.1, -0.05) is 19.1 Å². The van der Waals surface area contributed by atoms with Crippen LogP contribution in [-0.4, -0.2) is 40.5 Å². The molecule has 4 nitrogen and oxygen atoms in total. The Balaban J connectivity index is 2.68. The quantitative estimate of drug-likeness (QED) is 0.669. The van der Waals surface area contributed by atoms with Crippen molar-refractivity contribution < 1.29 is 9.47 Å². The molecule has 1 aromatic carbocycles. The number of benzene rings is 1. The number of hydrogen-bond donors (Lipinski definition) is 1. The molecule has 1 rings (SSSR count). The molecule has 0 saturated heterocycles. The van der Waals surface area contributed by atoms with E-state index in [1.807, 2.05) is 0 Å². The van der Waals surface area contributed by atoms with E-state index in [0.29, 0.717) is 0 Å². The second-order valence-electron chi connectivity index (χ2n) is 4.93. The van der Waals surface area contributed by atoms with Crippen molar-refractivity contribution in [1.82, 2.24) is 0 Å². The number of methoxy groups -OCH3 is 2. The van der Waals surface area contributed by atoms with E-state index in [1.165, 1.54) is 11.3 Å². The minimum Gasteiger partial charge on any atom is -0.385 e. The number of nitrogens with zero attached hydrogens (tertiary/aromatic N) is 1. The smallest absolute Gasteiger partial charge is 0.0637 e. The van der Waals surface area contributed by atoms with Crippen molar-refractivity contribution in [2.75, 3.05) is 45.4 Å². The van der Waals surface area contributed by atoms with Gasteiger partial charge in [0, 0.05) is 45.6 Å². The molecule has 0 heterocycles. The first-order valence-corrected chi connectivity index (χ1v) is 7.31. The summed E-state index contributed by atoms with van der Waals surface area (Å²) in [6, 6.07) is 8.67. The molecule has 1 aromatic rings. The summed E-state index contributed by atoms with van der Waals surface area (Å²) in [6.07, 6.45) is 1.97. The van der Waals surface area contributed by atoms with Gasteiger partial charge in [-0.05, 0) is 30.5 Å². The Morgan fingerprint density at radius 1 is 1.05 bits per heavy atom. The Kier molecular flexibility index (Phi) is 8.26. The van der Waals surface area contributed by atoms with Crippen LogP contribution in [0, 0.1) is 0 Å². The van der Waals surface area contributed by atoms with E-state index >= 15 is 0 Å². The summed E-state index contributed by atoms with van der Waals surface area (Å²) in [5, 5.41) is 0. The molecule has 4 heteroatoms. The molecule has 0 unspecified atom stereocenters. The summed E-state index contributed by atoms with van der Waals surface area (Å²) in [6.45, 7) is 5.47. The van der Waals surface area contributed by atoms with Crippen LogP contribution >= 0.6 is 0 Å². The normalized spacial score (nSPS) is 12.4. The molecule has 20 heavy (non-hydrogen) atoms. The molecule has 0 spiro atoms. The van der Waals surface area contributed by atoms with Gasteiger partial charge in [0.2, 0.25) is 0 Å². The molecule has 1 atom stereocenters. The lowest BCUT2D eigenvalue weighted by Gasteiger charge is -2.25. The standard InChI is InChI=1S/C16H28N2O2/c1-4-16(17)14-6-8-15(9-7-14)18(11-13-20-3)10-5-12-19-2/h6-9,16H,4-5,10-13,17H2,1-3H3/t16-/m1/s1. The molecular formula is C16H28N2O2. The van der Waals surface area contributed by atoms with E-state index in [0.717, 1.165) is 39.1 Å². The van der Waals surface area contributed by atoms with E-state index in [2.05, 4.69) is 36.1 Å². The van der Waals surface area contributed by atoms with Crippen LogP contribution < -0.4 is 10.6 Å². The predicted molar refractivity (Wildman–Crippen MR) is 84.2 cm³/mol. The molecule has 0 radical (unpaired) electrons. The van der Waals surface area contributed by atoms with E-state index in [-0.39, 0.29) is 6.04 Å². The summed E-state index contributed by atoms with van der Waals surface area (Å²) in [5.41, 5.74) is 8.46. The van der Waals surface area contributed by atoms with Gasteiger partial charge in [-0.15, -0.1) is 0 Å². The molecule has 0 amide bonds. The zero-order valence-electron chi connectivity index (χ0n) is 13.0. The van der Waals surface area contributed by atoms with Crippen LogP contribution in [0.2, 0.25) is 0 Å². The maximum Gasteiger partial charge on any atom is 0.0637 e. The van der Waals surface area contributed by atoms with E-state index in [1.54, 1.807) is 14.2 Å². The Morgan fingerprint density at radius 3 is 2.25 bits per heavy atom. The minimum absolute atomic E-state index is 0.130. The highest BCUT2D eigenvalue weighted by Crippen LogP contribution is 2.20. The van der Waals surface area contributed by atoms with Crippen LogP contribution in [0.1, 0.15) is 31.4 Å². The predicted octanol–water partition coefficient (Wildman–Crippen LogP) is 2.59. The Bertz CT molecular complexity index is 354. The van der Waals surface area contributed by atoms with Gasteiger partial charge in [0.1, 0.15) is 0 Å². The third-order valence-corrected chi connectivity index (χ3v) is 3.47. The zero-order chi connectivity index (χ0) is 14.8. The number of nitrogens with two attached hydrogens (primary N) is 1. The summed E-state index contributed by atoms with van der Waals surface area (Å²) >= 11 is 0. The van der Waals surface area contributed by atoms with Gasteiger partial charge in [0.25, 0.3) is 0 Å². The summed E-state index contributed by atoms with van der Waals surface area (Å²) in [4.78, 5) is 2.32. The van der Waals surface area contributed by atoms with Crippen molar-refractivity contribution in [1.29, 1.82) is 0 Å². The van der Waals surface area contributed by atoms with Gasteiger partial charge in [-0.25, -0.2) is 0 Å². The molecular weight excluding hydrogens is 252 g/mol. The van der Waals surface area contributed by atoms with Crippen LogP contribution in [0.5, 0.6) is 0 Å². The minimum atomic E-state index is 0.130. The maximum absolute atomic E-state index is 6.05. The van der Waals surface area contributed by atoms with Crippen molar-refractivity contribution in [3.63, 3.8) is 0 Å². The maximum atomic E-state index is 6.05. The molecule has 0 fully saturated rings. The van der Waals surface area contributed by atoms with Crippen molar-refractivity contribution in [2.45, 2.75) is 25.8 Å². The average Bonchev–Trinajstić information content (AvgIpc) is 2.50. The number of rotatable bonds is 10. The van der Waals surface area contributed by atoms with Crippen LogP contribution in [0.15, 0.2) is 24.3 Å². The number of ether oxygens (including phenoxy) is 2. The first kappa shape index (κ1) is 17.0. The van der Waals surface area contributed by atoms with Crippen molar-refractivity contribution >= 4 is 5.69 Å². The Hall–Kier alpha value is -1.10. The second-order valence-corrected chi connectivity index (χ2v) is 4.93. The lowest BCUT2D eigenvalue weighted by molar-refractivity contribution is 0.191. The van der Waals surface area contributed by atoms with Crippen molar-refractivity contribution in [3.05, 3.63) is 29.8 Å². The van der Waals surface area contributed by atoms with Gasteiger partial charge in [0.05, 0.1) is 6.61 Å². The van der Waals surface area contributed by atoms with Gasteiger partial charge in [0.15, 0.2) is 0 Å². The Labute approximate surface area is 122 Å².